The molecule has 0 amide bonds. The van der Waals surface area contributed by atoms with Crippen molar-refractivity contribution in [2.75, 3.05) is 0 Å². The second kappa shape index (κ2) is 3.98. The lowest BCUT2D eigenvalue weighted by Crippen LogP contribution is -2.26. The summed E-state index contributed by atoms with van der Waals surface area (Å²) in [6, 6.07) is 3.95. The first-order valence-corrected chi connectivity index (χ1v) is 5.48. The molecule has 0 saturated heterocycles. The van der Waals surface area contributed by atoms with E-state index < -0.39 is 0 Å². The fraction of sp³-hybridized carbons (Fsp3) is 0.583. The normalized spacial score (nSPS) is 19.5. The van der Waals surface area contributed by atoms with Gasteiger partial charge in [0.15, 0.2) is 0 Å². The molecule has 1 fully saturated rings. The molecular formula is C12H15N3. The van der Waals surface area contributed by atoms with Crippen LogP contribution in [0.5, 0.6) is 0 Å². The lowest BCUT2D eigenvalue weighted by molar-refractivity contribution is 0.311. The zero-order chi connectivity index (χ0) is 10.7. The first-order valence-electron chi connectivity index (χ1n) is 5.48. The van der Waals surface area contributed by atoms with Gasteiger partial charge in [0.2, 0.25) is 5.82 Å². The van der Waals surface area contributed by atoms with Gasteiger partial charge in [-0.25, -0.2) is 9.97 Å². The maximum atomic E-state index is 8.77. The Balaban J connectivity index is 2.31. The minimum absolute atomic E-state index is 0.160. The van der Waals surface area contributed by atoms with E-state index in [0.29, 0.717) is 5.82 Å². The van der Waals surface area contributed by atoms with Crippen LogP contribution < -0.4 is 0 Å². The van der Waals surface area contributed by atoms with E-state index >= 15 is 0 Å². The highest BCUT2D eigenvalue weighted by Gasteiger charge is 2.30. The van der Waals surface area contributed by atoms with Gasteiger partial charge in [0.1, 0.15) is 6.07 Å². The van der Waals surface area contributed by atoms with Crippen LogP contribution in [0.1, 0.15) is 50.5 Å². The highest BCUT2D eigenvalue weighted by molar-refractivity contribution is 5.20. The summed E-state index contributed by atoms with van der Waals surface area (Å²) in [6.45, 7) is 2.25. The monoisotopic (exact) mass is 201 g/mol. The Kier molecular flexibility index (Phi) is 2.68. The van der Waals surface area contributed by atoms with Crippen molar-refractivity contribution < 1.29 is 0 Å². The fourth-order valence-electron chi connectivity index (χ4n) is 2.34. The van der Waals surface area contributed by atoms with Crippen molar-refractivity contribution >= 4 is 0 Å². The molecule has 1 heterocycles. The van der Waals surface area contributed by atoms with Gasteiger partial charge in [0.25, 0.3) is 0 Å². The van der Waals surface area contributed by atoms with Gasteiger partial charge in [-0.1, -0.05) is 26.2 Å². The molecule has 1 saturated carbocycles. The van der Waals surface area contributed by atoms with E-state index in [9.17, 15) is 0 Å². The maximum absolute atomic E-state index is 8.77. The maximum Gasteiger partial charge on any atom is 0.232 e. The van der Waals surface area contributed by atoms with E-state index in [2.05, 4.69) is 16.9 Å². The van der Waals surface area contributed by atoms with Crippen molar-refractivity contribution in [2.45, 2.75) is 44.4 Å². The fourth-order valence-corrected chi connectivity index (χ4v) is 2.34. The third kappa shape index (κ3) is 1.99. The van der Waals surface area contributed by atoms with Crippen LogP contribution in [0.4, 0.5) is 0 Å². The molecule has 0 aliphatic heterocycles. The molecule has 1 aromatic rings. The van der Waals surface area contributed by atoms with Crippen LogP contribution in [0.15, 0.2) is 12.3 Å². The molecule has 1 aromatic heterocycles. The molecule has 15 heavy (non-hydrogen) atoms. The van der Waals surface area contributed by atoms with E-state index in [1.807, 2.05) is 12.1 Å². The molecule has 0 N–H and O–H groups in total. The smallest absolute Gasteiger partial charge is 0.228 e. The molecule has 1 aliphatic rings. The highest BCUT2D eigenvalue weighted by atomic mass is 14.9. The zero-order valence-corrected chi connectivity index (χ0v) is 9.03. The lowest BCUT2D eigenvalue weighted by atomic mass is 9.73. The molecule has 78 valence electrons. The number of nitrogens with zero attached hydrogens (tertiary/aromatic N) is 3. The van der Waals surface area contributed by atoms with Gasteiger partial charge in [-0.15, -0.1) is 0 Å². The predicted molar refractivity (Wildman–Crippen MR) is 57.2 cm³/mol. The zero-order valence-electron chi connectivity index (χ0n) is 9.03. The summed E-state index contributed by atoms with van der Waals surface area (Å²) in [5.74, 6) is 0.291. The van der Waals surface area contributed by atoms with Gasteiger partial charge >= 0.3 is 0 Å². The van der Waals surface area contributed by atoms with E-state index in [4.69, 9.17) is 5.26 Å². The van der Waals surface area contributed by atoms with Gasteiger partial charge in [0, 0.05) is 11.6 Å². The number of hydrogen-bond acceptors (Lipinski definition) is 3. The Labute approximate surface area is 90.2 Å². The highest BCUT2D eigenvalue weighted by Crippen LogP contribution is 2.37. The van der Waals surface area contributed by atoms with Crippen molar-refractivity contribution in [3.05, 3.63) is 23.8 Å². The van der Waals surface area contributed by atoms with Gasteiger partial charge in [-0.3, -0.25) is 0 Å². The first kappa shape index (κ1) is 10.1. The van der Waals surface area contributed by atoms with Crippen LogP contribution in [-0.4, -0.2) is 9.97 Å². The first-order chi connectivity index (χ1) is 7.24. The Hall–Kier alpha value is -1.43. The molecule has 0 bridgehead atoms. The topological polar surface area (TPSA) is 49.6 Å². The molecule has 0 atom stereocenters. The molecule has 0 spiro atoms. The van der Waals surface area contributed by atoms with Gasteiger partial charge in [-0.05, 0) is 18.9 Å². The summed E-state index contributed by atoms with van der Waals surface area (Å²) in [5, 5.41) is 8.77. The van der Waals surface area contributed by atoms with Crippen molar-refractivity contribution in [1.82, 2.24) is 9.97 Å². The minimum atomic E-state index is 0.160. The minimum Gasteiger partial charge on any atom is -0.228 e. The molecule has 3 heteroatoms. The number of rotatable bonds is 1. The SMILES string of the molecule is CC1(c2ccnc(C#N)n2)CCCCC1. The van der Waals surface area contributed by atoms with Crippen molar-refractivity contribution in [3.63, 3.8) is 0 Å². The van der Waals surface area contributed by atoms with Gasteiger partial charge < -0.3 is 0 Å². The molecule has 0 unspecified atom stereocenters. The predicted octanol–water partition coefficient (Wildman–Crippen LogP) is 2.57. The van der Waals surface area contributed by atoms with E-state index in [-0.39, 0.29) is 5.41 Å². The average molecular weight is 201 g/mol. The molecular weight excluding hydrogens is 186 g/mol. The van der Waals surface area contributed by atoms with Crippen LogP contribution in [0.3, 0.4) is 0 Å². The summed E-state index contributed by atoms with van der Waals surface area (Å²) in [7, 11) is 0. The quantitative estimate of drug-likeness (QED) is 0.701. The summed E-state index contributed by atoms with van der Waals surface area (Å²) in [5.41, 5.74) is 1.20. The third-order valence-corrected chi connectivity index (χ3v) is 3.33. The van der Waals surface area contributed by atoms with E-state index in [1.54, 1.807) is 6.20 Å². The van der Waals surface area contributed by atoms with Crippen LogP contribution in [0, 0.1) is 11.3 Å². The lowest BCUT2D eigenvalue weighted by Gasteiger charge is -2.32. The van der Waals surface area contributed by atoms with Crippen molar-refractivity contribution in [2.24, 2.45) is 0 Å². The average Bonchev–Trinajstić information content (AvgIpc) is 2.30. The molecule has 3 nitrogen and oxygen atoms in total. The van der Waals surface area contributed by atoms with Crippen LogP contribution in [0.25, 0.3) is 0 Å². The second-order valence-corrected chi connectivity index (χ2v) is 4.50. The van der Waals surface area contributed by atoms with E-state index in [1.165, 1.54) is 32.1 Å². The van der Waals surface area contributed by atoms with Crippen molar-refractivity contribution in [3.8, 4) is 6.07 Å². The summed E-state index contributed by atoms with van der Waals surface area (Å²) >= 11 is 0. The van der Waals surface area contributed by atoms with Crippen LogP contribution >= 0.6 is 0 Å². The Morgan fingerprint density at radius 2 is 2.07 bits per heavy atom. The largest absolute Gasteiger partial charge is 0.232 e. The number of aromatic nitrogens is 2. The van der Waals surface area contributed by atoms with Crippen LogP contribution in [0.2, 0.25) is 0 Å². The number of nitriles is 1. The van der Waals surface area contributed by atoms with E-state index in [0.717, 1.165) is 5.69 Å². The van der Waals surface area contributed by atoms with Crippen LogP contribution in [-0.2, 0) is 5.41 Å². The Morgan fingerprint density at radius 3 is 2.73 bits per heavy atom. The standard InChI is InChI=1S/C12H15N3/c1-12(6-3-2-4-7-12)10-5-8-14-11(9-13)15-10/h5,8H,2-4,6-7H2,1H3. The Morgan fingerprint density at radius 1 is 1.33 bits per heavy atom. The molecule has 2 rings (SSSR count). The number of hydrogen-bond donors (Lipinski definition) is 0. The van der Waals surface area contributed by atoms with Gasteiger partial charge in [0.05, 0.1) is 5.69 Å². The molecule has 0 radical (unpaired) electrons. The summed E-state index contributed by atoms with van der Waals surface area (Å²) in [6.07, 6.45) is 7.90. The molecule has 1 aliphatic carbocycles. The third-order valence-electron chi connectivity index (χ3n) is 3.33. The summed E-state index contributed by atoms with van der Waals surface area (Å²) < 4.78 is 0. The molecule has 0 aromatic carbocycles. The van der Waals surface area contributed by atoms with Crippen molar-refractivity contribution in [1.29, 1.82) is 5.26 Å². The Bertz CT molecular complexity index is 386. The summed E-state index contributed by atoms with van der Waals surface area (Å²) in [4.78, 5) is 8.23. The van der Waals surface area contributed by atoms with Gasteiger partial charge in [-0.2, -0.15) is 5.26 Å². The second-order valence-electron chi connectivity index (χ2n) is 4.50.